The highest BCUT2D eigenvalue weighted by molar-refractivity contribution is 6.06. The molecular formula is C15H25BFN5O. The maximum absolute atomic E-state index is 13.4. The fourth-order valence-electron chi connectivity index (χ4n) is 3.95. The molecule has 0 bridgehead atoms. The second kappa shape index (κ2) is 6.99. The number of carbonyl (C=O) groups excluding carboxylic acids is 1. The average Bonchev–Trinajstić information content (AvgIpc) is 3.21. The molecule has 1 aliphatic heterocycles. The number of hydrogen-bond acceptors (Lipinski definition) is 4. The van der Waals surface area contributed by atoms with Gasteiger partial charge in [0.25, 0.3) is 0 Å². The summed E-state index contributed by atoms with van der Waals surface area (Å²) in [6.45, 7) is 3.47. The molecule has 0 spiro atoms. The molecule has 0 N–H and O–H groups in total. The van der Waals surface area contributed by atoms with Crippen molar-refractivity contribution in [1.82, 2.24) is 24.5 Å². The third-order valence-corrected chi connectivity index (χ3v) is 5.28. The van der Waals surface area contributed by atoms with Gasteiger partial charge < -0.3 is 9.71 Å². The van der Waals surface area contributed by atoms with Crippen LogP contribution in [0.2, 0.25) is 0 Å². The van der Waals surface area contributed by atoms with Crippen LogP contribution in [0.5, 0.6) is 0 Å². The van der Waals surface area contributed by atoms with Crippen LogP contribution in [0.3, 0.4) is 0 Å². The Kier molecular flexibility index (Phi) is 4.99. The van der Waals surface area contributed by atoms with Gasteiger partial charge in [-0.05, 0) is 38.1 Å². The van der Waals surface area contributed by atoms with E-state index in [2.05, 4.69) is 14.9 Å². The van der Waals surface area contributed by atoms with Gasteiger partial charge >= 0.3 is 0 Å². The quantitative estimate of drug-likeness (QED) is 0.730. The lowest BCUT2D eigenvalue weighted by Gasteiger charge is -2.28. The number of hydrogen-bond donors (Lipinski definition) is 0. The number of amides is 1. The average molecular weight is 321 g/mol. The minimum absolute atomic E-state index is 0.0227. The van der Waals surface area contributed by atoms with Gasteiger partial charge in [-0.3, -0.25) is 9.48 Å². The fourth-order valence-corrected chi connectivity index (χ4v) is 3.95. The lowest BCUT2D eigenvalue weighted by molar-refractivity contribution is -0.132. The second-order valence-corrected chi connectivity index (χ2v) is 7.09. The SMILES string of the molecule is BN(CC(=O)N1C[C@@H](F)C[C@H]1C)[C@@H]1CC[C@H](Cn2cncn2)C1. The summed E-state index contributed by atoms with van der Waals surface area (Å²) in [6.07, 6.45) is 6.25. The van der Waals surface area contributed by atoms with Gasteiger partial charge in [-0.1, -0.05) is 0 Å². The van der Waals surface area contributed by atoms with Crippen LogP contribution in [0.15, 0.2) is 12.7 Å². The predicted octanol–water partition coefficient (Wildman–Crippen LogP) is 0.256. The van der Waals surface area contributed by atoms with Crippen molar-refractivity contribution < 1.29 is 9.18 Å². The summed E-state index contributed by atoms with van der Waals surface area (Å²) >= 11 is 0. The number of carbonyl (C=O) groups is 1. The molecule has 2 heterocycles. The Morgan fingerprint density at radius 2 is 2.26 bits per heavy atom. The van der Waals surface area contributed by atoms with Gasteiger partial charge in [0.2, 0.25) is 5.91 Å². The zero-order valence-corrected chi connectivity index (χ0v) is 13.9. The molecule has 126 valence electrons. The van der Waals surface area contributed by atoms with Crippen LogP contribution < -0.4 is 0 Å². The fraction of sp³-hybridized carbons (Fsp3) is 0.800. The molecule has 1 amide bonds. The molecule has 4 atom stereocenters. The summed E-state index contributed by atoms with van der Waals surface area (Å²) in [5.74, 6) is 0.639. The number of aromatic nitrogens is 3. The molecule has 1 saturated heterocycles. The highest BCUT2D eigenvalue weighted by Gasteiger charge is 2.34. The number of rotatable bonds is 5. The van der Waals surface area contributed by atoms with Crippen LogP contribution in [-0.4, -0.2) is 69.7 Å². The molecule has 0 unspecified atom stereocenters. The first-order valence-electron chi connectivity index (χ1n) is 8.49. The van der Waals surface area contributed by atoms with Crippen LogP contribution in [0.25, 0.3) is 0 Å². The zero-order valence-electron chi connectivity index (χ0n) is 13.9. The van der Waals surface area contributed by atoms with E-state index in [1.165, 1.54) is 0 Å². The first-order valence-corrected chi connectivity index (χ1v) is 8.49. The van der Waals surface area contributed by atoms with Gasteiger partial charge in [-0.2, -0.15) is 5.10 Å². The van der Waals surface area contributed by atoms with Crippen molar-refractivity contribution in [3.8, 4) is 0 Å². The summed E-state index contributed by atoms with van der Waals surface area (Å²) in [5.41, 5.74) is 0. The van der Waals surface area contributed by atoms with Gasteiger partial charge in [0.05, 0.1) is 13.1 Å². The van der Waals surface area contributed by atoms with Crippen molar-refractivity contribution in [3.63, 3.8) is 0 Å². The number of halogens is 1. The molecule has 1 saturated carbocycles. The Labute approximate surface area is 137 Å². The Morgan fingerprint density at radius 1 is 1.43 bits per heavy atom. The summed E-state index contributed by atoms with van der Waals surface area (Å²) < 4.78 is 15.3. The first-order chi connectivity index (χ1) is 11.0. The van der Waals surface area contributed by atoms with Crippen LogP contribution in [0, 0.1) is 5.92 Å². The van der Waals surface area contributed by atoms with Crippen LogP contribution >= 0.6 is 0 Å². The molecule has 1 aromatic heterocycles. The molecule has 2 fully saturated rings. The Morgan fingerprint density at radius 3 is 2.91 bits per heavy atom. The minimum atomic E-state index is -0.863. The van der Waals surface area contributed by atoms with E-state index in [1.807, 2.05) is 19.6 Å². The predicted molar refractivity (Wildman–Crippen MR) is 87.1 cm³/mol. The molecule has 8 heteroatoms. The van der Waals surface area contributed by atoms with Crippen LogP contribution in [0.4, 0.5) is 4.39 Å². The van der Waals surface area contributed by atoms with Crippen molar-refractivity contribution in [3.05, 3.63) is 12.7 Å². The Balaban J connectivity index is 1.47. The lowest BCUT2D eigenvalue weighted by atomic mass is 10.1. The van der Waals surface area contributed by atoms with Gasteiger partial charge in [-0.25, -0.2) is 9.37 Å². The smallest absolute Gasteiger partial charge is 0.236 e. The molecule has 6 nitrogen and oxygen atoms in total. The van der Waals surface area contributed by atoms with E-state index in [1.54, 1.807) is 17.6 Å². The van der Waals surface area contributed by atoms with Crippen molar-refractivity contribution in [2.75, 3.05) is 13.1 Å². The van der Waals surface area contributed by atoms with Gasteiger partial charge in [0.15, 0.2) is 7.98 Å². The normalized spacial score (nSPS) is 31.2. The standard InChI is InChI=1S/C15H25BFN5O/c1-11-4-13(17)7-21(11)15(23)8-22(16)14-3-2-12(5-14)6-20-10-18-9-19-20/h9-14H,2-8,16H2,1H3/t11-,12+,13+,14-/m1/s1. The van der Waals surface area contributed by atoms with E-state index in [0.29, 0.717) is 24.9 Å². The van der Waals surface area contributed by atoms with E-state index in [9.17, 15) is 9.18 Å². The van der Waals surface area contributed by atoms with Crippen molar-refractivity contribution in [2.24, 2.45) is 5.92 Å². The zero-order chi connectivity index (χ0) is 16.4. The minimum Gasteiger partial charge on any atom is -0.338 e. The Bertz CT molecular complexity index is 528. The van der Waals surface area contributed by atoms with Crippen molar-refractivity contribution in [1.29, 1.82) is 0 Å². The van der Waals surface area contributed by atoms with Gasteiger partial charge in [-0.15, -0.1) is 0 Å². The van der Waals surface area contributed by atoms with E-state index < -0.39 is 6.17 Å². The van der Waals surface area contributed by atoms with E-state index in [-0.39, 0.29) is 18.5 Å². The first kappa shape index (κ1) is 16.4. The number of nitrogens with zero attached hydrogens (tertiary/aromatic N) is 5. The Hall–Kier alpha value is -1.44. The molecule has 1 aromatic rings. The molecule has 3 rings (SSSR count). The molecule has 0 aromatic carbocycles. The largest absolute Gasteiger partial charge is 0.338 e. The second-order valence-electron chi connectivity index (χ2n) is 7.09. The van der Waals surface area contributed by atoms with E-state index >= 15 is 0 Å². The summed E-state index contributed by atoms with van der Waals surface area (Å²) in [7, 11) is 2.01. The van der Waals surface area contributed by atoms with E-state index in [4.69, 9.17) is 0 Å². The number of likely N-dealkylation sites (tertiary alicyclic amines) is 1. The van der Waals surface area contributed by atoms with E-state index in [0.717, 1.165) is 25.8 Å². The third-order valence-electron chi connectivity index (χ3n) is 5.28. The molecule has 0 radical (unpaired) electrons. The number of alkyl halides is 1. The van der Waals surface area contributed by atoms with Crippen molar-refractivity contribution in [2.45, 2.75) is 57.4 Å². The molecule has 2 aliphatic rings. The third kappa shape index (κ3) is 3.91. The highest BCUT2D eigenvalue weighted by atomic mass is 19.1. The highest BCUT2D eigenvalue weighted by Crippen LogP contribution is 2.30. The maximum Gasteiger partial charge on any atom is 0.236 e. The van der Waals surface area contributed by atoms with Gasteiger partial charge in [0, 0.05) is 19.0 Å². The molecule has 23 heavy (non-hydrogen) atoms. The molecule has 1 aliphatic carbocycles. The summed E-state index contributed by atoms with van der Waals surface area (Å²) in [4.78, 5) is 20.2. The summed E-state index contributed by atoms with van der Waals surface area (Å²) in [5, 5.41) is 4.16. The maximum atomic E-state index is 13.4. The van der Waals surface area contributed by atoms with Crippen LogP contribution in [-0.2, 0) is 11.3 Å². The molecular weight excluding hydrogens is 296 g/mol. The van der Waals surface area contributed by atoms with Crippen LogP contribution in [0.1, 0.15) is 32.6 Å². The summed E-state index contributed by atoms with van der Waals surface area (Å²) in [6, 6.07) is 0.445. The van der Waals surface area contributed by atoms with Gasteiger partial charge in [0.1, 0.15) is 18.8 Å². The monoisotopic (exact) mass is 321 g/mol. The lowest BCUT2D eigenvalue weighted by Crippen LogP contribution is -2.44. The topological polar surface area (TPSA) is 54.3 Å². The van der Waals surface area contributed by atoms with Crippen molar-refractivity contribution >= 4 is 13.9 Å².